The summed E-state index contributed by atoms with van der Waals surface area (Å²) in [5, 5.41) is 13.9. The summed E-state index contributed by atoms with van der Waals surface area (Å²) >= 11 is 0. The molecule has 6 nitrogen and oxygen atoms in total. The summed E-state index contributed by atoms with van der Waals surface area (Å²) in [6.45, 7) is 3.68. The molecule has 1 aromatic carbocycles. The van der Waals surface area contributed by atoms with Crippen molar-refractivity contribution in [2.24, 2.45) is 0 Å². The van der Waals surface area contributed by atoms with E-state index in [4.69, 9.17) is 0 Å². The van der Waals surface area contributed by atoms with Crippen molar-refractivity contribution in [3.63, 3.8) is 0 Å². The Morgan fingerprint density at radius 3 is 2.82 bits per heavy atom. The standard InChI is InChI=1S/C15H18FN5O/c1-10-14(15(22)18-13-5-3-2-4-12(13)16)19-20-21(10)11-6-8-17-9-7-11/h2-5,11,17H,6-9H2,1H3,(H,18,22). The molecule has 1 aromatic heterocycles. The third-order valence-electron chi connectivity index (χ3n) is 3.92. The van der Waals surface area contributed by atoms with Gasteiger partial charge in [-0.3, -0.25) is 4.79 Å². The molecule has 1 aliphatic rings. The molecule has 0 atom stereocenters. The first kappa shape index (κ1) is 14.6. The summed E-state index contributed by atoms with van der Waals surface area (Å²) in [4.78, 5) is 12.3. The maximum absolute atomic E-state index is 13.6. The number of aromatic nitrogens is 3. The van der Waals surface area contributed by atoms with Crippen LogP contribution in [0.5, 0.6) is 0 Å². The lowest BCUT2D eigenvalue weighted by atomic mass is 10.1. The number of nitrogens with zero attached hydrogens (tertiary/aromatic N) is 3. The molecular formula is C15H18FN5O. The minimum absolute atomic E-state index is 0.142. The van der Waals surface area contributed by atoms with E-state index < -0.39 is 11.7 Å². The van der Waals surface area contributed by atoms with E-state index in [2.05, 4.69) is 20.9 Å². The molecule has 0 saturated carbocycles. The zero-order chi connectivity index (χ0) is 15.5. The summed E-state index contributed by atoms with van der Waals surface area (Å²) in [5.74, 6) is -0.915. The van der Waals surface area contributed by atoms with Crippen molar-refractivity contribution in [1.29, 1.82) is 0 Å². The Hall–Kier alpha value is -2.28. The van der Waals surface area contributed by atoms with Gasteiger partial charge in [-0.05, 0) is 45.0 Å². The monoisotopic (exact) mass is 303 g/mol. The minimum Gasteiger partial charge on any atom is -0.318 e. The van der Waals surface area contributed by atoms with Crippen LogP contribution in [0.1, 0.15) is 35.1 Å². The maximum Gasteiger partial charge on any atom is 0.278 e. The highest BCUT2D eigenvalue weighted by Crippen LogP contribution is 2.21. The zero-order valence-electron chi connectivity index (χ0n) is 12.3. The zero-order valence-corrected chi connectivity index (χ0v) is 12.3. The van der Waals surface area contributed by atoms with Gasteiger partial charge in [0.25, 0.3) is 5.91 Å². The number of amides is 1. The number of carbonyl (C=O) groups excluding carboxylic acids is 1. The Bertz CT molecular complexity index is 678. The van der Waals surface area contributed by atoms with E-state index in [1.54, 1.807) is 16.8 Å². The van der Waals surface area contributed by atoms with Crippen molar-refractivity contribution in [3.05, 3.63) is 41.5 Å². The summed E-state index contributed by atoms with van der Waals surface area (Å²) in [7, 11) is 0. The van der Waals surface area contributed by atoms with Crippen LogP contribution in [0, 0.1) is 12.7 Å². The first-order chi connectivity index (χ1) is 10.7. The van der Waals surface area contributed by atoms with Crippen LogP contribution in [0.3, 0.4) is 0 Å². The van der Waals surface area contributed by atoms with Crippen molar-refractivity contribution >= 4 is 11.6 Å². The van der Waals surface area contributed by atoms with E-state index in [0.29, 0.717) is 5.69 Å². The van der Waals surface area contributed by atoms with Gasteiger partial charge in [0, 0.05) is 0 Å². The Labute approximate surface area is 127 Å². The van der Waals surface area contributed by atoms with Gasteiger partial charge >= 0.3 is 0 Å². The fourth-order valence-corrected chi connectivity index (χ4v) is 2.69. The van der Waals surface area contributed by atoms with Gasteiger partial charge in [-0.25, -0.2) is 9.07 Å². The van der Waals surface area contributed by atoms with Crippen LogP contribution >= 0.6 is 0 Å². The van der Waals surface area contributed by atoms with Gasteiger partial charge in [-0.1, -0.05) is 17.3 Å². The molecule has 0 unspecified atom stereocenters. The second-order valence-corrected chi connectivity index (χ2v) is 5.38. The molecule has 0 radical (unpaired) electrons. The quantitative estimate of drug-likeness (QED) is 0.908. The van der Waals surface area contributed by atoms with Crippen LogP contribution in [0.4, 0.5) is 10.1 Å². The van der Waals surface area contributed by atoms with E-state index in [0.717, 1.165) is 25.9 Å². The minimum atomic E-state index is -0.473. The van der Waals surface area contributed by atoms with Crippen molar-refractivity contribution in [2.75, 3.05) is 18.4 Å². The molecule has 0 bridgehead atoms. The highest BCUT2D eigenvalue weighted by Gasteiger charge is 2.23. The molecule has 22 heavy (non-hydrogen) atoms. The number of rotatable bonds is 3. The van der Waals surface area contributed by atoms with Crippen LogP contribution in [-0.2, 0) is 0 Å². The first-order valence-corrected chi connectivity index (χ1v) is 7.35. The fraction of sp³-hybridized carbons (Fsp3) is 0.400. The molecule has 3 rings (SSSR count). The number of para-hydroxylation sites is 1. The van der Waals surface area contributed by atoms with Crippen LogP contribution < -0.4 is 10.6 Å². The lowest BCUT2D eigenvalue weighted by Crippen LogP contribution is -2.30. The van der Waals surface area contributed by atoms with Crippen LogP contribution in [-0.4, -0.2) is 34.0 Å². The number of carbonyl (C=O) groups is 1. The third-order valence-corrected chi connectivity index (χ3v) is 3.92. The van der Waals surface area contributed by atoms with Crippen LogP contribution in [0.15, 0.2) is 24.3 Å². The number of hydrogen-bond acceptors (Lipinski definition) is 4. The van der Waals surface area contributed by atoms with Crippen molar-refractivity contribution in [2.45, 2.75) is 25.8 Å². The lowest BCUT2D eigenvalue weighted by Gasteiger charge is -2.23. The van der Waals surface area contributed by atoms with Gasteiger partial charge in [0.05, 0.1) is 17.4 Å². The average Bonchev–Trinajstić information content (AvgIpc) is 2.92. The van der Waals surface area contributed by atoms with E-state index in [9.17, 15) is 9.18 Å². The summed E-state index contributed by atoms with van der Waals surface area (Å²) in [6.07, 6.45) is 1.91. The van der Waals surface area contributed by atoms with Gasteiger partial charge in [0.2, 0.25) is 0 Å². The SMILES string of the molecule is Cc1c(C(=O)Nc2ccccc2F)nnn1C1CCNCC1. The largest absolute Gasteiger partial charge is 0.318 e. The Morgan fingerprint density at radius 2 is 2.09 bits per heavy atom. The normalized spacial score (nSPS) is 15.7. The van der Waals surface area contributed by atoms with E-state index in [1.165, 1.54) is 12.1 Å². The Morgan fingerprint density at radius 1 is 1.36 bits per heavy atom. The number of anilines is 1. The predicted octanol–water partition coefficient (Wildman–Crippen LogP) is 1.90. The highest BCUT2D eigenvalue weighted by molar-refractivity contribution is 6.03. The molecule has 1 aliphatic heterocycles. The second kappa shape index (κ2) is 6.23. The van der Waals surface area contributed by atoms with Gasteiger partial charge < -0.3 is 10.6 Å². The molecule has 0 spiro atoms. The lowest BCUT2D eigenvalue weighted by molar-refractivity contribution is 0.102. The molecule has 2 N–H and O–H groups in total. The van der Waals surface area contributed by atoms with E-state index in [-0.39, 0.29) is 17.4 Å². The summed E-state index contributed by atoms with van der Waals surface area (Å²) in [5.41, 5.74) is 1.09. The van der Waals surface area contributed by atoms with Gasteiger partial charge in [-0.15, -0.1) is 5.10 Å². The topological polar surface area (TPSA) is 71.8 Å². The van der Waals surface area contributed by atoms with Gasteiger partial charge in [0.1, 0.15) is 5.82 Å². The molecule has 1 amide bonds. The molecule has 1 fully saturated rings. The van der Waals surface area contributed by atoms with Crippen molar-refractivity contribution < 1.29 is 9.18 Å². The van der Waals surface area contributed by atoms with E-state index >= 15 is 0 Å². The molecule has 116 valence electrons. The number of benzene rings is 1. The maximum atomic E-state index is 13.6. The summed E-state index contributed by atoms with van der Waals surface area (Å²) < 4.78 is 15.4. The van der Waals surface area contributed by atoms with E-state index in [1.807, 2.05) is 6.92 Å². The van der Waals surface area contributed by atoms with Crippen molar-refractivity contribution in [3.8, 4) is 0 Å². The number of nitrogens with one attached hydrogen (secondary N) is 2. The molecule has 1 saturated heterocycles. The molecule has 0 aliphatic carbocycles. The first-order valence-electron chi connectivity index (χ1n) is 7.35. The van der Waals surface area contributed by atoms with Gasteiger partial charge in [-0.2, -0.15) is 0 Å². The smallest absolute Gasteiger partial charge is 0.278 e. The molecule has 2 aromatic rings. The fourth-order valence-electron chi connectivity index (χ4n) is 2.69. The number of halogens is 1. The van der Waals surface area contributed by atoms with Crippen molar-refractivity contribution in [1.82, 2.24) is 20.3 Å². The molecule has 2 heterocycles. The third kappa shape index (κ3) is 2.85. The Balaban J connectivity index is 1.79. The molecular weight excluding hydrogens is 285 g/mol. The number of piperidine rings is 1. The average molecular weight is 303 g/mol. The van der Waals surface area contributed by atoms with Crippen LogP contribution in [0.25, 0.3) is 0 Å². The summed E-state index contributed by atoms with van der Waals surface area (Å²) in [6, 6.07) is 6.30. The van der Waals surface area contributed by atoms with Gasteiger partial charge in [0.15, 0.2) is 5.69 Å². The van der Waals surface area contributed by atoms with Crippen LogP contribution in [0.2, 0.25) is 0 Å². The molecule has 7 heteroatoms. The highest BCUT2D eigenvalue weighted by atomic mass is 19.1. The Kier molecular flexibility index (Phi) is 4.15. The second-order valence-electron chi connectivity index (χ2n) is 5.38. The number of hydrogen-bond donors (Lipinski definition) is 2. The predicted molar refractivity (Wildman–Crippen MR) is 80.3 cm³/mol.